The van der Waals surface area contributed by atoms with Gasteiger partial charge in [-0.25, -0.2) is 4.79 Å². The summed E-state index contributed by atoms with van der Waals surface area (Å²) in [5, 5.41) is 19.1. The molecule has 0 bridgehead atoms. The molecule has 2 rings (SSSR count). The van der Waals surface area contributed by atoms with Gasteiger partial charge in [0.25, 0.3) is 0 Å². The van der Waals surface area contributed by atoms with E-state index in [4.69, 9.17) is 9.68 Å². The van der Waals surface area contributed by atoms with Gasteiger partial charge in [0, 0.05) is 24.0 Å². The van der Waals surface area contributed by atoms with E-state index in [1.54, 1.807) is 6.07 Å². The normalized spacial score (nSPS) is 12.5. The van der Waals surface area contributed by atoms with Gasteiger partial charge in [0.2, 0.25) is 5.76 Å². The standard InChI is InChI=1S/C16H18N2O3/c1-3-18(9-11(2)8-17)10-13-12-6-4-5-7-14(12)21-15(13)16(19)20/h4-7,11H,3,9-10H2,1-2H3,(H,19,20). The van der Waals surface area contributed by atoms with E-state index in [2.05, 4.69) is 11.0 Å². The Hall–Kier alpha value is -2.32. The van der Waals surface area contributed by atoms with Gasteiger partial charge in [-0.05, 0) is 19.5 Å². The Kier molecular flexibility index (Phi) is 4.61. The average molecular weight is 286 g/mol. The van der Waals surface area contributed by atoms with Gasteiger partial charge in [0.15, 0.2) is 0 Å². The molecule has 0 radical (unpaired) electrons. The van der Waals surface area contributed by atoms with E-state index < -0.39 is 5.97 Å². The largest absolute Gasteiger partial charge is 0.475 e. The Labute approximate surface area is 123 Å². The molecule has 5 nitrogen and oxygen atoms in total. The Morgan fingerprint density at radius 2 is 2.19 bits per heavy atom. The smallest absolute Gasteiger partial charge is 0.372 e. The highest BCUT2D eigenvalue weighted by molar-refractivity contribution is 5.95. The summed E-state index contributed by atoms with van der Waals surface area (Å²) in [5.41, 5.74) is 1.25. The Bertz CT molecular complexity index is 684. The van der Waals surface area contributed by atoms with Crippen molar-refractivity contribution in [2.45, 2.75) is 20.4 Å². The summed E-state index contributed by atoms with van der Waals surface area (Å²) in [6, 6.07) is 9.51. The van der Waals surface area contributed by atoms with Crippen molar-refractivity contribution in [3.8, 4) is 6.07 Å². The Morgan fingerprint density at radius 3 is 2.81 bits per heavy atom. The summed E-state index contributed by atoms with van der Waals surface area (Å²) < 4.78 is 5.45. The molecule has 0 aliphatic heterocycles. The molecule has 1 unspecified atom stereocenters. The molecule has 0 aliphatic carbocycles. The van der Waals surface area contributed by atoms with Crippen molar-refractivity contribution < 1.29 is 14.3 Å². The van der Waals surface area contributed by atoms with Gasteiger partial charge in [-0.2, -0.15) is 5.26 Å². The molecule has 5 heteroatoms. The highest BCUT2D eigenvalue weighted by Crippen LogP contribution is 2.27. The van der Waals surface area contributed by atoms with Crippen LogP contribution in [0.4, 0.5) is 0 Å². The van der Waals surface area contributed by atoms with Crippen LogP contribution in [-0.2, 0) is 6.54 Å². The molecule has 0 amide bonds. The third-order valence-electron chi connectivity index (χ3n) is 3.47. The van der Waals surface area contributed by atoms with Gasteiger partial charge in [0.1, 0.15) is 5.58 Å². The van der Waals surface area contributed by atoms with E-state index in [1.807, 2.05) is 32.0 Å². The first-order chi connectivity index (χ1) is 10.1. The summed E-state index contributed by atoms with van der Waals surface area (Å²) in [6.07, 6.45) is 0. The predicted molar refractivity (Wildman–Crippen MR) is 78.9 cm³/mol. The zero-order valence-corrected chi connectivity index (χ0v) is 12.2. The molecule has 0 aliphatic rings. The molecule has 0 saturated heterocycles. The van der Waals surface area contributed by atoms with E-state index >= 15 is 0 Å². The molecule has 0 spiro atoms. The van der Waals surface area contributed by atoms with Crippen LogP contribution < -0.4 is 0 Å². The van der Waals surface area contributed by atoms with E-state index in [9.17, 15) is 9.90 Å². The number of furan rings is 1. The van der Waals surface area contributed by atoms with Crippen molar-refractivity contribution in [2.24, 2.45) is 5.92 Å². The zero-order valence-electron chi connectivity index (χ0n) is 12.2. The van der Waals surface area contributed by atoms with Crippen molar-refractivity contribution in [1.29, 1.82) is 5.26 Å². The van der Waals surface area contributed by atoms with Crippen molar-refractivity contribution in [3.63, 3.8) is 0 Å². The van der Waals surface area contributed by atoms with Gasteiger partial charge >= 0.3 is 5.97 Å². The predicted octanol–water partition coefficient (Wildman–Crippen LogP) is 3.11. The molecular weight excluding hydrogens is 268 g/mol. The molecule has 1 N–H and O–H groups in total. The van der Waals surface area contributed by atoms with Gasteiger partial charge in [-0.1, -0.05) is 25.1 Å². The maximum atomic E-state index is 11.4. The van der Waals surface area contributed by atoms with Crippen LogP contribution in [0.5, 0.6) is 0 Å². The minimum absolute atomic E-state index is 0.0146. The fourth-order valence-corrected chi connectivity index (χ4v) is 2.39. The third-order valence-corrected chi connectivity index (χ3v) is 3.47. The highest BCUT2D eigenvalue weighted by atomic mass is 16.4. The number of fused-ring (bicyclic) bond motifs is 1. The number of hydrogen-bond acceptors (Lipinski definition) is 4. The van der Waals surface area contributed by atoms with Crippen LogP contribution in [0.2, 0.25) is 0 Å². The zero-order chi connectivity index (χ0) is 15.4. The topological polar surface area (TPSA) is 77.5 Å². The van der Waals surface area contributed by atoms with Gasteiger partial charge in [0.05, 0.1) is 12.0 Å². The monoisotopic (exact) mass is 286 g/mol. The van der Waals surface area contributed by atoms with E-state index in [1.165, 1.54) is 0 Å². The van der Waals surface area contributed by atoms with Crippen LogP contribution in [0.15, 0.2) is 28.7 Å². The number of carbonyl (C=O) groups is 1. The molecule has 1 aromatic heterocycles. The maximum absolute atomic E-state index is 11.4. The molecule has 0 saturated carbocycles. The van der Waals surface area contributed by atoms with Crippen molar-refractivity contribution in [2.75, 3.05) is 13.1 Å². The Morgan fingerprint density at radius 1 is 1.48 bits per heavy atom. The lowest BCUT2D eigenvalue weighted by atomic mass is 10.1. The van der Waals surface area contributed by atoms with Crippen molar-refractivity contribution >= 4 is 16.9 Å². The number of nitriles is 1. The van der Waals surface area contributed by atoms with Crippen LogP contribution in [0.1, 0.15) is 30.0 Å². The van der Waals surface area contributed by atoms with E-state index in [0.717, 1.165) is 11.9 Å². The second-order valence-corrected chi connectivity index (χ2v) is 5.07. The van der Waals surface area contributed by atoms with Crippen LogP contribution >= 0.6 is 0 Å². The summed E-state index contributed by atoms with van der Waals surface area (Å²) >= 11 is 0. The quantitative estimate of drug-likeness (QED) is 0.882. The minimum Gasteiger partial charge on any atom is -0.475 e. The molecule has 1 aromatic carbocycles. The van der Waals surface area contributed by atoms with Crippen LogP contribution in [0.25, 0.3) is 11.0 Å². The summed E-state index contributed by atoms with van der Waals surface area (Å²) in [7, 11) is 0. The first-order valence-electron chi connectivity index (χ1n) is 6.92. The highest BCUT2D eigenvalue weighted by Gasteiger charge is 2.21. The SMILES string of the molecule is CCN(Cc1c(C(=O)O)oc2ccccc12)CC(C)C#N. The van der Waals surface area contributed by atoms with Gasteiger partial charge in [-0.3, -0.25) is 4.90 Å². The second-order valence-electron chi connectivity index (χ2n) is 5.07. The number of para-hydroxylation sites is 1. The van der Waals surface area contributed by atoms with Crippen molar-refractivity contribution in [3.05, 3.63) is 35.6 Å². The van der Waals surface area contributed by atoms with E-state index in [-0.39, 0.29) is 11.7 Å². The number of rotatable bonds is 6. The lowest BCUT2D eigenvalue weighted by molar-refractivity contribution is 0.0661. The fourth-order valence-electron chi connectivity index (χ4n) is 2.39. The maximum Gasteiger partial charge on any atom is 0.372 e. The first-order valence-corrected chi connectivity index (χ1v) is 6.92. The van der Waals surface area contributed by atoms with Gasteiger partial charge in [-0.15, -0.1) is 0 Å². The summed E-state index contributed by atoms with van der Waals surface area (Å²) in [4.78, 5) is 13.4. The number of carboxylic acids is 1. The molecule has 1 atom stereocenters. The summed E-state index contributed by atoms with van der Waals surface area (Å²) in [6.45, 7) is 5.65. The number of benzene rings is 1. The van der Waals surface area contributed by atoms with Crippen LogP contribution in [0.3, 0.4) is 0 Å². The average Bonchev–Trinajstić information content (AvgIpc) is 2.85. The first kappa shape index (κ1) is 15.1. The minimum atomic E-state index is -1.06. The van der Waals surface area contributed by atoms with Crippen molar-refractivity contribution in [1.82, 2.24) is 4.90 Å². The second kappa shape index (κ2) is 6.42. The van der Waals surface area contributed by atoms with Gasteiger partial charge < -0.3 is 9.52 Å². The molecule has 2 aromatic rings. The lowest BCUT2D eigenvalue weighted by Crippen LogP contribution is -2.28. The fraction of sp³-hybridized carbons (Fsp3) is 0.375. The number of nitrogens with zero attached hydrogens (tertiary/aromatic N) is 2. The number of carboxylic acid groups (broad SMARTS) is 1. The van der Waals surface area contributed by atoms with Crippen LogP contribution in [0, 0.1) is 17.2 Å². The molecule has 1 heterocycles. The van der Waals surface area contributed by atoms with Crippen LogP contribution in [-0.4, -0.2) is 29.1 Å². The summed E-state index contributed by atoms with van der Waals surface area (Å²) in [5.74, 6) is -1.18. The molecule has 21 heavy (non-hydrogen) atoms. The lowest BCUT2D eigenvalue weighted by Gasteiger charge is -2.21. The number of hydrogen-bond donors (Lipinski definition) is 1. The number of aromatic carboxylic acids is 1. The molecule has 110 valence electrons. The molecular formula is C16H18N2O3. The van der Waals surface area contributed by atoms with E-state index in [0.29, 0.717) is 24.2 Å². The molecule has 0 fully saturated rings. The Balaban J connectivity index is 2.37. The third kappa shape index (κ3) is 3.23.